The van der Waals surface area contributed by atoms with Crippen molar-refractivity contribution >= 4 is 63.7 Å². The van der Waals surface area contributed by atoms with Crippen LogP contribution in [-0.2, 0) is 4.79 Å². The molecule has 0 saturated carbocycles. The molecule has 1 rings (SSSR count). The van der Waals surface area contributed by atoms with E-state index in [1.54, 1.807) is 13.2 Å². The molecule has 212 valence electrons. The van der Waals surface area contributed by atoms with Crippen LogP contribution in [0.3, 0.4) is 0 Å². The Morgan fingerprint density at radius 3 is 1.81 bits per heavy atom. The minimum Gasteiger partial charge on any atom is -0.495 e. The fraction of sp³-hybridized carbons (Fsp3) is 0.714. The van der Waals surface area contributed by atoms with E-state index in [2.05, 4.69) is 22.9 Å². The Morgan fingerprint density at radius 2 is 1.32 bits per heavy atom. The number of amides is 1. The van der Waals surface area contributed by atoms with Crippen molar-refractivity contribution in [3.8, 4) is 5.75 Å². The van der Waals surface area contributed by atoms with Crippen LogP contribution < -0.4 is 20.7 Å². The van der Waals surface area contributed by atoms with Crippen LogP contribution in [0.25, 0.3) is 0 Å². The first-order valence-electron chi connectivity index (χ1n) is 13.8. The lowest BCUT2D eigenvalue weighted by Crippen LogP contribution is -2.56. The van der Waals surface area contributed by atoms with Crippen LogP contribution in [0.2, 0.25) is 0 Å². The number of carbonyl (C=O) groups excluding carboxylic acids is 1. The minimum atomic E-state index is -1.78. The number of hydrogen-bond acceptors (Lipinski definition) is 3. The molecule has 0 unspecified atom stereocenters. The van der Waals surface area contributed by atoms with E-state index >= 15 is 0 Å². The summed E-state index contributed by atoms with van der Waals surface area (Å²) in [7, 11) is 1.57. The molecular weight excluding hydrogens is 549 g/mol. The normalized spacial score (nSPS) is 12.1. The van der Waals surface area contributed by atoms with Gasteiger partial charge in [0.1, 0.15) is 11.9 Å². The van der Waals surface area contributed by atoms with E-state index < -0.39 is 9.96 Å². The Kier molecular flexibility index (Phi) is 19.3. The lowest BCUT2D eigenvalue weighted by molar-refractivity contribution is -0.122. The molecule has 1 aromatic carbocycles. The highest BCUT2D eigenvalue weighted by atomic mass is 35.6. The fourth-order valence-electron chi connectivity index (χ4n) is 4.13. The van der Waals surface area contributed by atoms with Crippen molar-refractivity contribution < 1.29 is 9.53 Å². The standard InChI is InChI=1S/C28H46Cl3N3O2S/c1-3-4-5-6-7-8-9-10-11-12-13-14-15-16-17-22-25(35)33-26(28(29,30)31)34-27(37)32-23-20-18-19-21-24(23)36-2/h18-21,26H,3-17,22H2,1-2H3,(H,33,35)(H2,32,34,37)/t26-/m1/s1. The Hall–Kier alpha value is -0.950. The van der Waals surface area contributed by atoms with Gasteiger partial charge in [0.2, 0.25) is 9.70 Å². The average Bonchev–Trinajstić information content (AvgIpc) is 2.85. The second-order valence-electron chi connectivity index (χ2n) is 9.54. The first-order valence-corrected chi connectivity index (χ1v) is 15.4. The zero-order valence-electron chi connectivity index (χ0n) is 22.6. The number of ether oxygens (including phenoxy) is 1. The van der Waals surface area contributed by atoms with Gasteiger partial charge in [0, 0.05) is 6.42 Å². The summed E-state index contributed by atoms with van der Waals surface area (Å²) in [5, 5.41) is 8.83. The molecule has 1 amide bonds. The molecular formula is C28H46Cl3N3O2S. The van der Waals surface area contributed by atoms with E-state index in [1.165, 1.54) is 77.0 Å². The molecule has 0 fully saturated rings. The van der Waals surface area contributed by atoms with Crippen molar-refractivity contribution in [2.24, 2.45) is 0 Å². The predicted octanol–water partition coefficient (Wildman–Crippen LogP) is 9.06. The second-order valence-corrected chi connectivity index (χ2v) is 12.3. The SMILES string of the molecule is CCCCCCCCCCCCCCCCCC(=O)N[C@H](NC(=S)Nc1ccccc1OC)C(Cl)(Cl)Cl. The summed E-state index contributed by atoms with van der Waals surface area (Å²) in [6.07, 6.45) is 18.6. The molecule has 0 aromatic heterocycles. The number of rotatable bonds is 20. The molecule has 0 radical (unpaired) electrons. The molecule has 5 nitrogen and oxygen atoms in total. The molecule has 1 atom stereocenters. The summed E-state index contributed by atoms with van der Waals surface area (Å²) >= 11 is 23.6. The first kappa shape index (κ1) is 34.1. The summed E-state index contributed by atoms with van der Waals surface area (Å²) in [6, 6.07) is 7.31. The number of alkyl halides is 3. The zero-order chi connectivity index (χ0) is 27.4. The molecule has 0 saturated heterocycles. The molecule has 9 heteroatoms. The Balaban J connectivity index is 2.16. The number of benzene rings is 1. The molecule has 0 aliphatic heterocycles. The van der Waals surface area contributed by atoms with E-state index in [-0.39, 0.29) is 11.0 Å². The van der Waals surface area contributed by atoms with Gasteiger partial charge in [0.05, 0.1) is 12.8 Å². The van der Waals surface area contributed by atoms with Gasteiger partial charge in [-0.25, -0.2) is 0 Å². The van der Waals surface area contributed by atoms with Gasteiger partial charge in [-0.05, 0) is 30.8 Å². The number of hydrogen-bond donors (Lipinski definition) is 3. The monoisotopic (exact) mass is 593 g/mol. The van der Waals surface area contributed by atoms with E-state index in [1.807, 2.05) is 18.2 Å². The summed E-state index contributed by atoms with van der Waals surface area (Å²) in [5.74, 6) is 0.438. The van der Waals surface area contributed by atoms with Gasteiger partial charge in [-0.15, -0.1) is 0 Å². The van der Waals surface area contributed by atoms with Crippen LogP contribution in [0.4, 0.5) is 5.69 Å². The quantitative estimate of drug-likeness (QED) is 0.0608. The third-order valence-corrected chi connectivity index (χ3v) is 7.15. The van der Waals surface area contributed by atoms with Crippen molar-refractivity contribution in [1.29, 1.82) is 0 Å². The number of thiocarbonyl (C=S) groups is 1. The highest BCUT2D eigenvalue weighted by Gasteiger charge is 2.34. The van der Waals surface area contributed by atoms with Crippen LogP contribution in [0.5, 0.6) is 5.75 Å². The van der Waals surface area contributed by atoms with Crippen LogP contribution in [0.15, 0.2) is 24.3 Å². The van der Waals surface area contributed by atoms with E-state index in [0.717, 1.165) is 19.3 Å². The van der Waals surface area contributed by atoms with Crippen LogP contribution in [0, 0.1) is 0 Å². The molecule has 0 heterocycles. The third kappa shape index (κ3) is 17.3. The smallest absolute Gasteiger partial charge is 0.228 e. The Labute approximate surface area is 245 Å². The fourth-order valence-corrected chi connectivity index (χ4v) is 4.68. The van der Waals surface area contributed by atoms with Crippen molar-refractivity contribution in [3.63, 3.8) is 0 Å². The number of unbranched alkanes of at least 4 members (excludes halogenated alkanes) is 14. The maximum atomic E-state index is 12.5. The predicted molar refractivity (Wildman–Crippen MR) is 164 cm³/mol. The van der Waals surface area contributed by atoms with Crippen molar-refractivity contribution in [2.45, 2.75) is 120 Å². The van der Waals surface area contributed by atoms with Crippen LogP contribution in [0.1, 0.15) is 110 Å². The number of halogens is 3. The Morgan fingerprint density at radius 1 is 0.838 bits per heavy atom. The van der Waals surface area contributed by atoms with Gasteiger partial charge in [0.25, 0.3) is 0 Å². The highest BCUT2D eigenvalue weighted by molar-refractivity contribution is 7.80. The van der Waals surface area contributed by atoms with Crippen LogP contribution >= 0.6 is 47.0 Å². The molecule has 0 bridgehead atoms. The van der Waals surface area contributed by atoms with Gasteiger partial charge in [0.15, 0.2) is 5.11 Å². The van der Waals surface area contributed by atoms with E-state index in [9.17, 15) is 4.79 Å². The molecule has 0 aliphatic rings. The minimum absolute atomic E-state index is 0.182. The van der Waals surface area contributed by atoms with E-state index in [0.29, 0.717) is 17.9 Å². The summed E-state index contributed by atoms with van der Waals surface area (Å²) in [4.78, 5) is 12.5. The molecule has 1 aromatic rings. The summed E-state index contributed by atoms with van der Waals surface area (Å²) in [5.41, 5.74) is 0.662. The number of nitrogens with one attached hydrogen (secondary N) is 3. The summed E-state index contributed by atoms with van der Waals surface area (Å²) in [6.45, 7) is 2.26. The van der Waals surface area contributed by atoms with Gasteiger partial charge >= 0.3 is 0 Å². The number of anilines is 1. The summed E-state index contributed by atoms with van der Waals surface area (Å²) < 4.78 is 3.52. The van der Waals surface area contributed by atoms with Crippen molar-refractivity contribution in [2.75, 3.05) is 12.4 Å². The maximum absolute atomic E-state index is 12.5. The maximum Gasteiger partial charge on any atom is 0.228 e. The Bertz CT molecular complexity index is 762. The molecule has 0 spiro atoms. The number of carbonyl (C=O) groups is 1. The average molecular weight is 595 g/mol. The number of methoxy groups -OCH3 is 1. The molecule has 0 aliphatic carbocycles. The van der Waals surface area contributed by atoms with Crippen molar-refractivity contribution in [3.05, 3.63) is 24.3 Å². The lowest BCUT2D eigenvalue weighted by atomic mass is 10.0. The van der Waals surface area contributed by atoms with E-state index in [4.69, 9.17) is 51.8 Å². The van der Waals surface area contributed by atoms with Crippen LogP contribution in [-0.4, -0.2) is 28.1 Å². The zero-order valence-corrected chi connectivity index (χ0v) is 25.6. The van der Waals surface area contributed by atoms with Gasteiger partial charge in [-0.3, -0.25) is 4.79 Å². The van der Waals surface area contributed by atoms with Crippen molar-refractivity contribution in [1.82, 2.24) is 10.6 Å². The van der Waals surface area contributed by atoms with Gasteiger partial charge < -0.3 is 20.7 Å². The lowest BCUT2D eigenvalue weighted by Gasteiger charge is -2.28. The largest absolute Gasteiger partial charge is 0.495 e. The second kappa shape index (κ2) is 20.9. The number of para-hydroxylation sites is 2. The first-order chi connectivity index (χ1) is 17.8. The third-order valence-electron chi connectivity index (χ3n) is 6.27. The van der Waals surface area contributed by atoms with Gasteiger partial charge in [-0.2, -0.15) is 0 Å². The topological polar surface area (TPSA) is 62.4 Å². The molecule has 3 N–H and O–H groups in total. The highest BCUT2D eigenvalue weighted by Crippen LogP contribution is 2.29. The molecule has 37 heavy (non-hydrogen) atoms. The van der Waals surface area contributed by atoms with Gasteiger partial charge in [-0.1, -0.05) is 144 Å².